The number of imide groups is 1. The fourth-order valence-electron chi connectivity index (χ4n) is 11.3. The second kappa shape index (κ2) is 21.5. The summed E-state index contributed by atoms with van der Waals surface area (Å²) in [6.45, 7) is -0.622. The number of nitro groups is 1. The first-order chi connectivity index (χ1) is 37.4. The molecule has 1 spiro atoms. The summed E-state index contributed by atoms with van der Waals surface area (Å²) in [6.07, 6.45) is -1.76. The number of aliphatic hydroxyl groups is 1. The molecule has 10 rings (SSSR count). The number of nitrogens with zero attached hydrogens (tertiary/aromatic N) is 4. The first-order valence-electron chi connectivity index (χ1n) is 24.7. The fraction of sp³-hybridized carbons (Fsp3) is 0.259. The average molecular weight is 1040 g/mol. The zero-order chi connectivity index (χ0) is 54.0. The van der Waals surface area contributed by atoms with Crippen molar-refractivity contribution in [2.45, 2.75) is 49.2 Å². The van der Waals surface area contributed by atoms with Crippen LogP contribution in [0.4, 0.5) is 21.0 Å². The number of primary amides is 1. The van der Waals surface area contributed by atoms with E-state index < -0.39 is 77.0 Å². The van der Waals surface area contributed by atoms with E-state index in [2.05, 4.69) is 17.2 Å². The molecule has 19 nitrogen and oxygen atoms in total. The molecule has 6 atom stereocenters. The highest BCUT2D eigenvalue weighted by Gasteiger charge is 2.76. The molecule has 0 aromatic heterocycles. The summed E-state index contributed by atoms with van der Waals surface area (Å²) in [5.41, 5.74) is 7.33. The topological polar surface area (TPSA) is 243 Å². The minimum atomic E-state index is -2.18. The number of urea groups is 1. The van der Waals surface area contributed by atoms with Crippen LogP contribution >= 0.6 is 0 Å². The van der Waals surface area contributed by atoms with Crippen molar-refractivity contribution in [1.82, 2.24) is 15.1 Å². The van der Waals surface area contributed by atoms with Crippen molar-refractivity contribution in [3.05, 3.63) is 194 Å². The molecule has 4 N–H and O–H groups in total. The third kappa shape index (κ3) is 9.38. The Balaban J connectivity index is 1.23. The smallest absolute Gasteiger partial charge is 0.421 e. The van der Waals surface area contributed by atoms with Crippen LogP contribution in [0.15, 0.2) is 140 Å². The van der Waals surface area contributed by atoms with Gasteiger partial charge in [-0.3, -0.25) is 29.4 Å². The molecular formula is C58H52N6O13. The normalized spacial score (nSPS) is 21.2. The van der Waals surface area contributed by atoms with Crippen molar-refractivity contribution in [3.63, 3.8) is 0 Å². The number of nitro benzene ring substituents is 1. The van der Waals surface area contributed by atoms with Crippen molar-refractivity contribution < 1.29 is 57.7 Å². The number of hydrogen-bond acceptors (Lipinski definition) is 14. The molecule has 4 heterocycles. The van der Waals surface area contributed by atoms with Gasteiger partial charge >= 0.3 is 18.1 Å². The maximum Gasteiger partial charge on any atom is 0.421 e. The van der Waals surface area contributed by atoms with Crippen LogP contribution in [0.1, 0.15) is 62.7 Å². The van der Waals surface area contributed by atoms with Crippen molar-refractivity contribution in [3.8, 4) is 29.1 Å². The molecule has 6 aromatic carbocycles. The number of cyclic esters (lactones) is 1. The molecule has 6 aromatic rings. The number of anilines is 1. The number of carbonyl (C=O) groups excluding carboxylic acids is 5. The summed E-state index contributed by atoms with van der Waals surface area (Å²) in [5, 5.41) is 23.6. The maximum absolute atomic E-state index is 16.8. The van der Waals surface area contributed by atoms with E-state index in [9.17, 15) is 20.0 Å². The number of amides is 5. The first-order valence-corrected chi connectivity index (χ1v) is 24.7. The first kappa shape index (κ1) is 51.2. The summed E-state index contributed by atoms with van der Waals surface area (Å²) in [6, 6.07) is 34.7. The number of rotatable bonds is 13. The van der Waals surface area contributed by atoms with Gasteiger partial charge in [-0.25, -0.2) is 14.5 Å². The Labute approximate surface area is 442 Å². The van der Waals surface area contributed by atoms with Crippen LogP contribution in [0.5, 0.6) is 17.2 Å². The Hall–Kier alpha value is -9.25. The predicted octanol–water partition coefficient (Wildman–Crippen LogP) is 6.59. The number of nitrogens with one attached hydrogen (secondary N) is 1. The van der Waals surface area contributed by atoms with Crippen molar-refractivity contribution >= 4 is 41.3 Å². The van der Waals surface area contributed by atoms with Crippen LogP contribution < -0.4 is 30.2 Å². The van der Waals surface area contributed by atoms with Crippen molar-refractivity contribution in [2.24, 2.45) is 11.7 Å². The average Bonchev–Trinajstić information content (AvgIpc) is 4.15. The SMILES string of the molecule is COc1cc2c(cc1OC)CN(C(=O)[C@@H]1[C@H]3C(=O)O[C@H](c4ccccc4)[C@H](c4ccccc4)N3[C@H](c3ccc(OCCO)cc3)[C@@]13C(=O)N(C(=O)OCc1ccc([N+](=O)[O-])cc1)c1ccc(C#CCNC(N)=O)cc13)CC2. The fourth-order valence-corrected chi connectivity index (χ4v) is 11.3. The molecule has 0 bridgehead atoms. The lowest BCUT2D eigenvalue weighted by Gasteiger charge is -2.46. The highest BCUT2D eigenvalue weighted by Crippen LogP contribution is 2.66. The Bertz CT molecular complexity index is 3330. The Morgan fingerprint density at radius 3 is 2.17 bits per heavy atom. The summed E-state index contributed by atoms with van der Waals surface area (Å²) in [7, 11) is 3.05. The van der Waals surface area contributed by atoms with E-state index >= 15 is 19.2 Å². The van der Waals surface area contributed by atoms with E-state index in [1.54, 1.807) is 47.4 Å². The number of nitrogens with two attached hydrogens (primary N) is 1. The summed E-state index contributed by atoms with van der Waals surface area (Å²) < 4.78 is 29.7. The van der Waals surface area contributed by atoms with E-state index in [1.807, 2.05) is 71.6 Å². The zero-order valence-corrected chi connectivity index (χ0v) is 41.8. The van der Waals surface area contributed by atoms with Crippen LogP contribution in [0.2, 0.25) is 0 Å². The maximum atomic E-state index is 16.8. The molecule has 5 amide bonds. The van der Waals surface area contributed by atoms with Crippen molar-refractivity contribution in [2.75, 3.05) is 45.4 Å². The third-order valence-corrected chi connectivity index (χ3v) is 14.6. The number of methoxy groups -OCH3 is 2. The molecule has 19 heteroatoms. The molecule has 2 fully saturated rings. The minimum Gasteiger partial charge on any atom is -0.493 e. The second-order valence-corrected chi connectivity index (χ2v) is 18.8. The number of aliphatic hydroxyl groups excluding tert-OH is 1. The highest BCUT2D eigenvalue weighted by atomic mass is 16.6. The quantitative estimate of drug-likeness (QED) is 0.0479. The number of morpholine rings is 1. The summed E-state index contributed by atoms with van der Waals surface area (Å²) >= 11 is 0. The molecule has 0 unspecified atom stereocenters. The molecule has 0 saturated carbocycles. The zero-order valence-electron chi connectivity index (χ0n) is 41.8. The van der Waals surface area contributed by atoms with E-state index in [4.69, 9.17) is 29.4 Å². The minimum absolute atomic E-state index is 0.0165. The molecule has 4 aliphatic heterocycles. The number of non-ortho nitro benzene ring substituents is 1. The molecular weight excluding hydrogens is 989 g/mol. The van der Waals surface area contributed by atoms with E-state index in [-0.39, 0.29) is 49.8 Å². The molecule has 77 heavy (non-hydrogen) atoms. The van der Waals surface area contributed by atoms with Crippen LogP contribution in [0.25, 0.3) is 0 Å². The lowest BCUT2D eigenvalue weighted by Crippen LogP contribution is -2.57. The Morgan fingerprint density at radius 2 is 1.52 bits per heavy atom. The molecule has 0 aliphatic carbocycles. The van der Waals surface area contributed by atoms with Gasteiger partial charge in [-0.1, -0.05) is 84.6 Å². The molecule has 392 valence electrons. The largest absolute Gasteiger partial charge is 0.493 e. The van der Waals surface area contributed by atoms with Gasteiger partial charge in [0.1, 0.15) is 36.5 Å². The van der Waals surface area contributed by atoms with Gasteiger partial charge in [-0.2, -0.15) is 0 Å². The Kier molecular flexibility index (Phi) is 14.3. The lowest BCUT2D eigenvalue weighted by molar-refractivity contribution is -0.384. The highest BCUT2D eigenvalue weighted by molar-refractivity contribution is 6.23. The number of fused-ring (bicyclic) bond motifs is 4. The van der Waals surface area contributed by atoms with Crippen molar-refractivity contribution in [1.29, 1.82) is 0 Å². The molecule has 0 radical (unpaired) electrons. The standard InChI is InChI=1S/C58H52N6O13/c1-73-46-31-40-25-27-61(33-41(40)32-47(46)74-2)53(66)48-50-54(67)77-51(38-13-7-4-8-14-38)49(37-11-5-3-6-12-37)63(50)52(39-18-22-43(23-19-39)75-29-28-65)58(48)44-30-35(10-9-26-60-56(59)69)17-24-45(44)62(55(58)68)57(70)76-34-36-15-20-42(21-16-36)64(71)72/h3-8,11-24,30-32,48-52,65H,25-29,33-34H2,1-2H3,(H3,59,60,69)/t48-,49-,50-,51+,52+,58-/m0/s1. The van der Waals surface area contributed by atoms with Gasteiger partial charge in [0, 0.05) is 30.8 Å². The van der Waals surface area contributed by atoms with Gasteiger partial charge in [-0.05, 0) is 100.0 Å². The lowest BCUT2D eigenvalue weighted by atomic mass is 9.64. The second-order valence-electron chi connectivity index (χ2n) is 18.8. The van der Waals surface area contributed by atoms with E-state index in [0.29, 0.717) is 51.5 Å². The van der Waals surface area contributed by atoms with Crippen LogP contribution in [-0.2, 0) is 48.8 Å². The predicted molar refractivity (Wildman–Crippen MR) is 277 cm³/mol. The van der Waals surface area contributed by atoms with Gasteiger partial charge in [-0.15, -0.1) is 0 Å². The number of carbonyl (C=O) groups is 5. The van der Waals surface area contributed by atoms with Crippen LogP contribution in [0.3, 0.4) is 0 Å². The monoisotopic (exact) mass is 1040 g/mol. The van der Waals surface area contributed by atoms with Gasteiger partial charge in [0.25, 0.3) is 5.69 Å². The number of benzene rings is 6. The van der Waals surface area contributed by atoms with E-state index in [0.717, 1.165) is 16.0 Å². The summed E-state index contributed by atoms with van der Waals surface area (Å²) in [5.74, 6) is 3.35. The Morgan fingerprint density at radius 1 is 0.844 bits per heavy atom. The van der Waals surface area contributed by atoms with Crippen LogP contribution in [-0.4, -0.2) is 96.3 Å². The number of ether oxygens (including phenoxy) is 5. The third-order valence-electron chi connectivity index (χ3n) is 14.6. The van der Waals surface area contributed by atoms with Crippen LogP contribution in [0, 0.1) is 27.9 Å². The van der Waals surface area contributed by atoms with Gasteiger partial charge in [0.05, 0.1) is 56.0 Å². The molecule has 2 saturated heterocycles. The van der Waals surface area contributed by atoms with E-state index in [1.165, 1.54) is 44.6 Å². The molecule has 4 aliphatic rings. The number of hydrogen-bond donors (Lipinski definition) is 3. The van der Waals surface area contributed by atoms with Gasteiger partial charge < -0.3 is 44.7 Å². The van der Waals surface area contributed by atoms with Gasteiger partial charge in [0.2, 0.25) is 11.8 Å². The number of esters is 1. The van der Waals surface area contributed by atoms with Gasteiger partial charge in [0.15, 0.2) is 11.5 Å². The summed E-state index contributed by atoms with van der Waals surface area (Å²) in [4.78, 5) is 91.1.